The Morgan fingerprint density at radius 2 is 1.59 bits per heavy atom. The van der Waals surface area contributed by atoms with E-state index in [0.717, 1.165) is 75.5 Å². The lowest BCUT2D eigenvalue weighted by atomic mass is 9.53. The molecule has 0 radical (unpaired) electrons. The summed E-state index contributed by atoms with van der Waals surface area (Å²) in [7, 11) is 0. The van der Waals surface area contributed by atoms with Crippen molar-refractivity contribution in [3.8, 4) is 0 Å². The molecule has 5 aliphatic rings. The summed E-state index contributed by atoms with van der Waals surface area (Å²) < 4.78 is 5.22. The lowest BCUT2D eigenvalue weighted by molar-refractivity contribution is -0.123. The van der Waals surface area contributed by atoms with Gasteiger partial charge in [-0.15, -0.1) is 0 Å². The molecular weight excluding hydrogens is 406 g/mol. The van der Waals surface area contributed by atoms with Crippen molar-refractivity contribution >= 4 is 11.9 Å². The predicted molar refractivity (Wildman–Crippen MR) is 119 cm³/mol. The molecule has 8 heteroatoms. The molecule has 1 aromatic rings. The molecule has 8 nitrogen and oxygen atoms in total. The summed E-state index contributed by atoms with van der Waals surface area (Å²) in [5, 5.41) is 13.6. The van der Waals surface area contributed by atoms with Crippen molar-refractivity contribution in [3.63, 3.8) is 0 Å². The number of nitrogens with zero attached hydrogens (tertiary/aromatic N) is 2. The number of hydrogen-bond acceptors (Lipinski definition) is 5. The Balaban J connectivity index is 1.13. The zero-order chi connectivity index (χ0) is 22.2. The molecule has 3 N–H and O–H groups in total. The normalized spacial score (nSPS) is 32.8. The summed E-state index contributed by atoms with van der Waals surface area (Å²) in [6, 6.07) is -0.127. The minimum absolute atomic E-state index is 0.0119. The SMILES string of the molecule is Cc1nc(C2(NC(=O)CCNC(=O)NC34CC5CC(CC(C5)C3)C4)CCCCCC2)no1. The van der Waals surface area contributed by atoms with Crippen LogP contribution in [0.5, 0.6) is 0 Å². The van der Waals surface area contributed by atoms with Gasteiger partial charge >= 0.3 is 6.03 Å². The molecule has 6 rings (SSSR count). The van der Waals surface area contributed by atoms with Crippen molar-refractivity contribution in [3.05, 3.63) is 11.7 Å². The number of carbonyl (C=O) groups excluding carboxylic acids is 2. The van der Waals surface area contributed by atoms with Crippen molar-refractivity contribution in [2.45, 2.75) is 101 Å². The number of rotatable bonds is 6. The predicted octanol–water partition coefficient (Wildman–Crippen LogP) is 3.70. The highest BCUT2D eigenvalue weighted by Crippen LogP contribution is 2.55. The van der Waals surface area contributed by atoms with Gasteiger partial charge in [-0.3, -0.25) is 4.79 Å². The maximum absolute atomic E-state index is 12.8. The molecule has 5 aliphatic carbocycles. The molecule has 5 saturated carbocycles. The molecule has 0 atom stereocenters. The summed E-state index contributed by atoms with van der Waals surface area (Å²) in [6.45, 7) is 2.10. The van der Waals surface area contributed by atoms with Gasteiger partial charge in [-0.05, 0) is 69.1 Å². The van der Waals surface area contributed by atoms with Crippen LogP contribution in [0.25, 0.3) is 0 Å². The summed E-state index contributed by atoms with van der Waals surface area (Å²) in [4.78, 5) is 29.9. The lowest BCUT2D eigenvalue weighted by Crippen LogP contribution is -2.61. The number of carbonyl (C=O) groups is 2. The lowest BCUT2D eigenvalue weighted by Gasteiger charge is -2.56. The van der Waals surface area contributed by atoms with E-state index in [0.29, 0.717) is 18.3 Å². The van der Waals surface area contributed by atoms with Crippen molar-refractivity contribution in [1.82, 2.24) is 26.1 Å². The van der Waals surface area contributed by atoms with E-state index in [1.807, 2.05) is 0 Å². The van der Waals surface area contributed by atoms with Gasteiger partial charge in [0.05, 0.1) is 0 Å². The minimum Gasteiger partial charge on any atom is -0.343 e. The quantitative estimate of drug-likeness (QED) is 0.581. The fourth-order valence-corrected chi connectivity index (χ4v) is 7.40. The van der Waals surface area contributed by atoms with Crippen LogP contribution in [0.2, 0.25) is 0 Å². The molecular formula is C24H37N5O3. The van der Waals surface area contributed by atoms with Crippen molar-refractivity contribution in [2.75, 3.05) is 6.54 Å². The largest absolute Gasteiger partial charge is 0.343 e. The molecule has 176 valence electrons. The third-order valence-corrected chi connectivity index (χ3v) is 8.35. The molecule has 0 aromatic carbocycles. The number of aryl methyl sites for hydroxylation is 1. The van der Waals surface area contributed by atoms with E-state index in [1.54, 1.807) is 6.92 Å². The second-order valence-corrected chi connectivity index (χ2v) is 11.0. The van der Waals surface area contributed by atoms with E-state index in [2.05, 4.69) is 26.1 Å². The van der Waals surface area contributed by atoms with Crippen molar-refractivity contribution in [1.29, 1.82) is 0 Å². The van der Waals surface area contributed by atoms with Crippen LogP contribution in [-0.2, 0) is 10.3 Å². The zero-order valence-electron chi connectivity index (χ0n) is 19.3. The smallest absolute Gasteiger partial charge is 0.315 e. The van der Waals surface area contributed by atoms with E-state index in [-0.39, 0.29) is 23.9 Å². The number of urea groups is 1. The highest BCUT2D eigenvalue weighted by molar-refractivity contribution is 5.79. The van der Waals surface area contributed by atoms with Crippen LogP contribution in [0.15, 0.2) is 4.52 Å². The second kappa shape index (κ2) is 8.67. The molecule has 5 fully saturated rings. The van der Waals surface area contributed by atoms with Crippen LogP contribution in [-0.4, -0.2) is 34.2 Å². The van der Waals surface area contributed by atoms with Gasteiger partial charge in [-0.1, -0.05) is 30.8 Å². The first-order chi connectivity index (χ1) is 15.4. The first-order valence-corrected chi connectivity index (χ1v) is 12.6. The molecule has 4 bridgehead atoms. The van der Waals surface area contributed by atoms with E-state index < -0.39 is 5.54 Å². The molecule has 3 amide bonds. The van der Waals surface area contributed by atoms with E-state index in [9.17, 15) is 9.59 Å². The van der Waals surface area contributed by atoms with Gasteiger partial charge in [0.2, 0.25) is 11.8 Å². The Hall–Kier alpha value is -2.12. The highest BCUT2D eigenvalue weighted by Gasteiger charge is 2.51. The summed E-state index contributed by atoms with van der Waals surface area (Å²) >= 11 is 0. The third kappa shape index (κ3) is 4.50. The first kappa shape index (κ1) is 21.7. The van der Waals surface area contributed by atoms with Gasteiger partial charge < -0.3 is 20.5 Å². The molecule has 0 aliphatic heterocycles. The maximum Gasteiger partial charge on any atom is 0.315 e. The molecule has 1 aromatic heterocycles. The molecule has 0 unspecified atom stereocenters. The zero-order valence-corrected chi connectivity index (χ0v) is 19.3. The van der Waals surface area contributed by atoms with E-state index in [4.69, 9.17) is 4.52 Å². The summed E-state index contributed by atoms with van der Waals surface area (Å²) in [5.41, 5.74) is -0.575. The minimum atomic E-state index is -0.563. The first-order valence-electron chi connectivity index (χ1n) is 12.6. The van der Waals surface area contributed by atoms with Crippen molar-refractivity contribution in [2.24, 2.45) is 17.8 Å². The molecule has 0 saturated heterocycles. The van der Waals surface area contributed by atoms with Crippen LogP contribution < -0.4 is 16.0 Å². The number of aromatic nitrogens is 2. The Labute approximate surface area is 190 Å². The highest BCUT2D eigenvalue weighted by atomic mass is 16.5. The fraction of sp³-hybridized carbons (Fsp3) is 0.833. The summed E-state index contributed by atoms with van der Waals surface area (Å²) in [6.07, 6.45) is 13.7. The van der Waals surface area contributed by atoms with Crippen LogP contribution >= 0.6 is 0 Å². The fourth-order valence-electron chi connectivity index (χ4n) is 7.40. The maximum atomic E-state index is 12.8. The number of hydrogen-bond donors (Lipinski definition) is 3. The van der Waals surface area contributed by atoms with E-state index in [1.165, 1.54) is 19.3 Å². The average molecular weight is 444 g/mol. The van der Waals surface area contributed by atoms with Crippen LogP contribution in [0.3, 0.4) is 0 Å². The van der Waals surface area contributed by atoms with Gasteiger partial charge in [0.1, 0.15) is 5.54 Å². The molecule has 0 spiro atoms. The van der Waals surface area contributed by atoms with Gasteiger partial charge in [0, 0.05) is 25.4 Å². The second-order valence-electron chi connectivity index (χ2n) is 11.0. The van der Waals surface area contributed by atoms with Crippen LogP contribution in [0.4, 0.5) is 4.79 Å². The van der Waals surface area contributed by atoms with Gasteiger partial charge in [-0.2, -0.15) is 4.98 Å². The Morgan fingerprint density at radius 1 is 0.969 bits per heavy atom. The third-order valence-electron chi connectivity index (χ3n) is 8.35. The Kier molecular flexibility index (Phi) is 5.88. The van der Waals surface area contributed by atoms with Gasteiger partial charge in [0.15, 0.2) is 5.82 Å². The summed E-state index contributed by atoms with van der Waals surface area (Å²) in [5.74, 6) is 3.38. The molecule has 32 heavy (non-hydrogen) atoms. The van der Waals surface area contributed by atoms with Gasteiger partial charge in [-0.25, -0.2) is 4.79 Å². The van der Waals surface area contributed by atoms with Crippen LogP contribution in [0.1, 0.15) is 95.2 Å². The van der Waals surface area contributed by atoms with Gasteiger partial charge in [0.25, 0.3) is 0 Å². The number of amides is 3. The number of nitrogens with one attached hydrogen (secondary N) is 3. The molecule has 1 heterocycles. The van der Waals surface area contributed by atoms with E-state index >= 15 is 0 Å². The Bertz CT molecular complexity index is 807. The van der Waals surface area contributed by atoms with Crippen molar-refractivity contribution < 1.29 is 14.1 Å². The topological polar surface area (TPSA) is 109 Å². The average Bonchev–Trinajstić information content (AvgIpc) is 3.02. The van der Waals surface area contributed by atoms with Crippen LogP contribution in [0, 0.1) is 24.7 Å². The monoisotopic (exact) mass is 443 g/mol. The Morgan fingerprint density at radius 3 is 2.16 bits per heavy atom. The standard InChI is InChI=1S/C24H37N5O3/c1-16-26-21(29-32-16)24(7-4-2-3-5-8-24)27-20(30)6-9-25-22(31)28-23-13-17-10-18(14-23)12-19(11-17)15-23/h17-19H,2-15H2,1H3,(H,27,30)(H2,25,28,31).